The fourth-order valence-corrected chi connectivity index (χ4v) is 2.89. The summed E-state index contributed by atoms with van der Waals surface area (Å²) in [6.45, 7) is 3.99. The zero-order valence-electron chi connectivity index (χ0n) is 12.1. The molecule has 0 radical (unpaired) electrons. The normalized spacial score (nSPS) is 11.6. The summed E-state index contributed by atoms with van der Waals surface area (Å²) in [5, 5.41) is 9.18. The Morgan fingerprint density at radius 2 is 1.68 bits per heavy atom. The number of hydrogen-bond acceptors (Lipinski definition) is 3. The number of carboxylic acid groups (broad SMARTS) is 1. The minimum absolute atomic E-state index is 0.180. The number of rotatable bonds is 8. The third-order valence-electron chi connectivity index (χ3n) is 3.16. The predicted octanol–water partition coefficient (Wildman–Crippen LogP) is 4.11. The maximum Gasteiger partial charge on any atom is 0.331 e. The van der Waals surface area contributed by atoms with Crippen LogP contribution in [-0.2, 0) is 4.79 Å². The van der Waals surface area contributed by atoms with E-state index in [0.29, 0.717) is 12.4 Å². The van der Waals surface area contributed by atoms with Crippen molar-refractivity contribution < 1.29 is 14.6 Å². The fraction of sp³-hybridized carbons (Fsp3) is 0.167. The number of carbonyl (C=O) groups is 1. The van der Waals surface area contributed by atoms with Crippen molar-refractivity contribution in [3.05, 3.63) is 72.8 Å². The molecule has 0 bridgehead atoms. The largest absolute Gasteiger partial charge is 0.493 e. The van der Waals surface area contributed by atoms with Crippen LogP contribution in [0.4, 0.5) is 0 Å². The molecule has 0 spiro atoms. The van der Waals surface area contributed by atoms with E-state index in [-0.39, 0.29) is 11.5 Å². The van der Waals surface area contributed by atoms with Gasteiger partial charge in [0.2, 0.25) is 0 Å². The van der Waals surface area contributed by atoms with Crippen molar-refractivity contribution in [2.75, 3.05) is 12.4 Å². The lowest BCUT2D eigenvalue weighted by Gasteiger charge is -2.17. The summed E-state index contributed by atoms with van der Waals surface area (Å²) in [5.41, 5.74) is 0.180. The van der Waals surface area contributed by atoms with Gasteiger partial charge in [0.05, 0.1) is 6.61 Å². The molecule has 22 heavy (non-hydrogen) atoms. The van der Waals surface area contributed by atoms with Gasteiger partial charge in [-0.1, -0.05) is 43.0 Å². The van der Waals surface area contributed by atoms with Gasteiger partial charge in [-0.2, -0.15) is 0 Å². The van der Waals surface area contributed by atoms with E-state index in [0.717, 1.165) is 10.6 Å². The Kier molecular flexibility index (Phi) is 6.10. The first-order valence-electron chi connectivity index (χ1n) is 6.94. The maximum atomic E-state index is 11.2. The molecule has 1 N–H and O–H groups in total. The van der Waals surface area contributed by atoms with E-state index in [1.807, 2.05) is 60.7 Å². The van der Waals surface area contributed by atoms with Crippen LogP contribution in [0.15, 0.2) is 77.7 Å². The minimum Gasteiger partial charge on any atom is -0.493 e. The zero-order valence-corrected chi connectivity index (χ0v) is 13.0. The first-order valence-corrected chi connectivity index (χ1v) is 7.93. The molecular formula is C18H18O3S. The molecule has 0 amide bonds. The SMILES string of the molecule is C=C(C(=O)O)C(COc1ccccc1)CSc1ccccc1. The molecule has 0 aliphatic heterocycles. The van der Waals surface area contributed by atoms with Gasteiger partial charge in [-0.05, 0) is 24.3 Å². The van der Waals surface area contributed by atoms with Gasteiger partial charge in [-0.3, -0.25) is 0 Å². The molecule has 3 nitrogen and oxygen atoms in total. The molecule has 0 saturated carbocycles. The zero-order chi connectivity index (χ0) is 15.8. The number of hydrogen-bond donors (Lipinski definition) is 1. The maximum absolute atomic E-state index is 11.2. The molecule has 1 unspecified atom stereocenters. The number of para-hydroxylation sites is 1. The molecule has 4 heteroatoms. The quantitative estimate of drug-likeness (QED) is 0.588. The second-order valence-corrected chi connectivity index (χ2v) is 5.87. The fourth-order valence-electron chi connectivity index (χ4n) is 1.85. The molecule has 2 rings (SSSR count). The van der Waals surface area contributed by atoms with Crippen LogP contribution in [-0.4, -0.2) is 23.4 Å². The van der Waals surface area contributed by atoms with Gasteiger partial charge in [-0.25, -0.2) is 4.79 Å². The Balaban J connectivity index is 1.96. The van der Waals surface area contributed by atoms with Crippen molar-refractivity contribution in [1.82, 2.24) is 0 Å². The van der Waals surface area contributed by atoms with Crippen molar-refractivity contribution in [3.63, 3.8) is 0 Å². The molecule has 114 valence electrons. The van der Waals surface area contributed by atoms with Gasteiger partial charge in [0, 0.05) is 22.1 Å². The van der Waals surface area contributed by atoms with Crippen LogP contribution in [0.25, 0.3) is 0 Å². The van der Waals surface area contributed by atoms with E-state index >= 15 is 0 Å². The lowest BCUT2D eigenvalue weighted by molar-refractivity contribution is -0.133. The highest BCUT2D eigenvalue weighted by atomic mass is 32.2. The number of carboxylic acids is 1. The van der Waals surface area contributed by atoms with Crippen molar-refractivity contribution >= 4 is 17.7 Å². The minimum atomic E-state index is -0.977. The van der Waals surface area contributed by atoms with Gasteiger partial charge >= 0.3 is 5.97 Å². The molecule has 0 aromatic heterocycles. The van der Waals surface area contributed by atoms with Crippen molar-refractivity contribution in [2.24, 2.45) is 5.92 Å². The van der Waals surface area contributed by atoms with Crippen LogP contribution in [0.1, 0.15) is 0 Å². The first-order chi connectivity index (χ1) is 10.7. The molecule has 0 aliphatic carbocycles. The highest BCUT2D eigenvalue weighted by molar-refractivity contribution is 7.99. The summed E-state index contributed by atoms with van der Waals surface area (Å²) in [7, 11) is 0. The van der Waals surface area contributed by atoms with Crippen LogP contribution in [0.3, 0.4) is 0 Å². The van der Waals surface area contributed by atoms with E-state index < -0.39 is 5.97 Å². The van der Waals surface area contributed by atoms with Crippen LogP contribution in [0, 0.1) is 5.92 Å². The molecular weight excluding hydrogens is 296 g/mol. The monoisotopic (exact) mass is 314 g/mol. The summed E-state index contributed by atoms with van der Waals surface area (Å²) in [6, 6.07) is 19.3. The van der Waals surface area contributed by atoms with Gasteiger partial charge < -0.3 is 9.84 Å². The van der Waals surface area contributed by atoms with E-state index in [9.17, 15) is 9.90 Å². The molecule has 2 aromatic carbocycles. The topological polar surface area (TPSA) is 46.5 Å². The molecule has 0 fully saturated rings. The van der Waals surface area contributed by atoms with Crippen LogP contribution >= 0.6 is 11.8 Å². The summed E-state index contributed by atoms with van der Waals surface area (Å²) < 4.78 is 5.69. The van der Waals surface area contributed by atoms with Crippen LogP contribution in [0.5, 0.6) is 5.75 Å². The summed E-state index contributed by atoms with van der Waals surface area (Å²) in [4.78, 5) is 12.3. The average Bonchev–Trinajstić information content (AvgIpc) is 2.56. The smallest absolute Gasteiger partial charge is 0.331 e. The van der Waals surface area contributed by atoms with Gasteiger partial charge in [0.1, 0.15) is 5.75 Å². The van der Waals surface area contributed by atoms with Crippen molar-refractivity contribution in [3.8, 4) is 5.75 Å². The van der Waals surface area contributed by atoms with E-state index in [4.69, 9.17) is 4.74 Å². The number of benzene rings is 2. The summed E-state index contributed by atoms with van der Waals surface area (Å²) in [5.74, 6) is 0.121. The van der Waals surface area contributed by atoms with Crippen LogP contribution in [0.2, 0.25) is 0 Å². The van der Waals surface area contributed by atoms with E-state index in [1.165, 1.54) is 0 Å². The lowest BCUT2D eigenvalue weighted by atomic mass is 10.0. The third kappa shape index (κ3) is 4.97. The van der Waals surface area contributed by atoms with Gasteiger partial charge in [-0.15, -0.1) is 11.8 Å². The molecule has 0 saturated heterocycles. The average molecular weight is 314 g/mol. The van der Waals surface area contributed by atoms with Crippen LogP contribution < -0.4 is 4.74 Å². The Bertz CT molecular complexity index is 567. The predicted molar refractivity (Wildman–Crippen MR) is 89.4 cm³/mol. The Morgan fingerprint density at radius 3 is 2.27 bits per heavy atom. The standard InChI is InChI=1S/C18H18O3S/c1-14(18(19)20)15(12-21-16-8-4-2-5-9-16)13-22-17-10-6-3-7-11-17/h2-11,15H,1,12-13H2,(H,19,20). The molecule has 0 heterocycles. The lowest BCUT2D eigenvalue weighted by Crippen LogP contribution is -2.21. The number of aliphatic carboxylic acids is 1. The van der Waals surface area contributed by atoms with Crippen molar-refractivity contribution in [1.29, 1.82) is 0 Å². The van der Waals surface area contributed by atoms with Crippen molar-refractivity contribution in [2.45, 2.75) is 4.90 Å². The summed E-state index contributed by atoms with van der Waals surface area (Å²) >= 11 is 1.61. The number of thioether (sulfide) groups is 1. The molecule has 2 aromatic rings. The Hall–Kier alpha value is -2.20. The second kappa shape index (κ2) is 8.29. The number of ether oxygens (including phenoxy) is 1. The third-order valence-corrected chi connectivity index (χ3v) is 4.33. The van der Waals surface area contributed by atoms with Gasteiger partial charge in [0.25, 0.3) is 0 Å². The highest BCUT2D eigenvalue weighted by Gasteiger charge is 2.19. The molecule has 1 atom stereocenters. The second-order valence-electron chi connectivity index (χ2n) is 4.78. The van der Waals surface area contributed by atoms with Gasteiger partial charge in [0.15, 0.2) is 0 Å². The van der Waals surface area contributed by atoms with E-state index in [1.54, 1.807) is 11.8 Å². The van der Waals surface area contributed by atoms with E-state index in [2.05, 4.69) is 6.58 Å². The first kappa shape index (κ1) is 16.2. The Labute approximate surface area is 134 Å². The molecule has 0 aliphatic rings. The highest BCUT2D eigenvalue weighted by Crippen LogP contribution is 2.24. The Morgan fingerprint density at radius 1 is 1.09 bits per heavy atom. The summed E-state index contributed by atoms with van der Waals surface area (Å²) in [6.07, 6.45) is 0.